The molecule has 1 amide bonds. The summed E-state index contributed by atoms with van der Waals surface area (Å²) in [5.41, 5.74) is 8.54. The fraction of sp³-hybridized carbons (Fsp3) is 0. The van der Waals surface area contributed by atoms with Crippen molar-refractivity contribution in [1.29, 1.82) is 0 Å². The van der Waals surface area contributed by atoms with E-state index in [0.29, 0.717) is 5.56 Å². The summed E-state index contributed by atoms with van der Waals surface area (Å²) in [5, 5.41) is 6.07. The minimum atomic E-state index is -0.539. The Hall–Kier alpha value is -1.84. The molecule has 1 aromatic heterocycles. The number of carbonyl (C=O) groups excluding carboxylic acids is 1. The molecule has 0 saturated carbocycles. The summed E-state index contributed by atoms with van der Waals surface area (Å²) in [7, 11) is 0. The molecule has 2 aromatic rings. The average Bonchev–Trinajstić information content (AvgIpc) is 2.64. The molecule has 0 bridgehead atoms. The van der Waals surface area contributed by atoms with E-state index in [2.05, 4.69) is 10.0 Å². The van der Waals surface area contributed by atoms with E-state index in [9.17, 15) is 4.79 Å². The van der Waals surface area contributed by atoms with Crippen molar-refractivity contribution in [2.45, 2.75) is 0 Å². The van der Waals surface area contributed by atoms with Gasteiger partial charge in [0, 0.05) is 15.2 Å². The van der Waals surface area contributed by atoms with Crippen LogP contribution >= 0.6 is 11.3 Å². The quantitative estimate of drug-likeness (QED) is 0.398. The highest BCUT2D eigenvalue weighted by molar-refractivity contribution is 7.17. The van der Waals surface area contributed by atoms with Gasteiger partial charge in [-0.25, -0.2) is 0 Å². The fourth-order valence-electron chi connectivity index (χ4n) is 1.19. The molecule has 0 aliphatic heterocycles. The predicted octanol–water partition coefficient (Wildman–Crippen LogP) is 3.35. The van der Waals surface area contributed by atoms with Gasteiger partial charge >= 0.3 is 0 Å². The van der Waals surface area contributed by atoms with E-state index >= 15 is 0 Å². The molecule has 0 aliphatic carbocycles. The van der Waals surface area contributed by atoms with Crippen LogP contribution in [0.4, 0.5) is 0 Å². The summed E-state index contributed by atoms with van der Waals surface area (Å²) in [5.74, 6) is -0.539. The Morgan fingerprint density at radius 1 is 1.43 bits per heavy atom. The van der Waals surface area contributed by atoms with Crippen LogP contribution in [-0.2, 0) is 0 Å². The first-order valence-electron chi connectivity index (χ1n) is 3.88. The Kier molecular flexibility index (Phi) is 2.18. The van der Waals surface area contributed by atoms with Gasteiger partial charge in [0.15, 0.2) is 0 Å². The average molecular weight is 203 g/mol. The monoisotopic (exact) mass is 203 g/mol. The molecule has 5 heteroatoms. The molecule has 0 aliphatic rings. The number of thiophene rings is 1. The van der Waals surface area contributed by atoms with E-state index in [1.54, 1.807) is 23.5 Å². The summed E-state index contributed by atoms with van der Waals surface area (Å²) in [6.45, 7) is 0. The maximum atomic E-state index is 11.2. The second-order valence-corrected chi connectivity index (χ2v) is 3.62. The van der Waals surface area contributed by atoms with Crippen molar-refractivity contribution < 1.29 is 4.79 Å². The maximum absolute atomic E-state index is 11.2. The summed E-state index contributed by atoms with van der Waals surface area (Å²) in [6.07, 6.45) is 0. The third-order valence-corrected chi connectivity index (χ3v) is 2.72. The summed E-state index contributed by atoms with van der Waals surface area (Å²) in [4.78, 5) is 13.7. The van der Waals surface area contributed by atoms with Crippen molar-refractivity contribution in [1.82, 2.24) is 0 Å². The van der Waals surface area contributed by atoms with E-state index in [-0.39, 0.29) is 0 Å². The Bertz CT molecular complexity index is 540. The van der Waals surface area contributed by atoms with E-state index in [0.717, 1.165) is 10.1 Å². The SMILES string of the molecule is [N-]=[N+]=NC(=O)c1ccc2ccsc2c1. The van der Waals surface area contributed by atoms with Crippen molar-refractivity contribution in [3.8, 4) is 0 Å². The Labute approximate surface area is 83.4 Å². The molecule has 0 atom stereocenters. The molecule has 14 heavy (non-hydrogen) atoms. The largest absolute Gasteiger partial charge is 0.287 e. The number of hydrogen-bond donors (Lipinski definition) is 0. The molecule has 0 radical (unpaired) electrons. The second kappa shape index (κ2) is 3.49. The van der Waals surface area contributed by atoms with Crippen LogP contribution in [0.15, 0.2) is 34.8 Å². The lowest BCUT2D eigenvalue weighted by molar-refractivity contribution is 0.100. The van der Waals surface area contributed by atoms with Crippen LogP contribution in [0.2, 0.25) is 0 Å². The first kappa shape index (κ1) is 8.74. The molecule has 0 spiro atoms. The second-order valence-electron chi connectivity index (χ2n) is 2.67. The van der Waals surface area contributed by atoms with Crippen molar-refractivity contribution in [2.24, 2.45) is 5.11 Å². The maximum Gasteiger partial charge on any atom is 0.249 e. The van der Waals surface area contributed by atoms with Gasteiger partial charge < -0.3 is 0 Å². The van der Waals surface area contributed by atoms with Crippen LogP contribution in [0, 0.1) is 0 Å². The van der Waals surface area contributed by atoms with Gasteiger partial charge in [-0.05, 0) is 33.5 Å². The number of benzene rings is 1. The zero-order chi connectivity index (χ0) is 9.97. The Morgan fingerprint density at radius 3 is 3.07 bits per heavy atom. The number of hydrogen-bond acceptors (Lipinski definition) is 2. The molecular formula is C9H5N3OS. The van der Waals surface area contributed by atoms with Crippen molar-refractivity contribution >= 4 is 27.3 Å². The van der Waals surface area contributed by atoms with Crippen LogP contribution in [0.5, 0.6) is 0 Å². The fourth-order valence-corrected chi connectivity index (χ4v) is 2.01. The highest BCUT2D eigenvalue weighted by Gasteiger charge is 2.03. The van der Waals surface area contributed by atoms with Crippen molar-refractivity contribution in [3.05, 3.63) is 45.7 Å². The lowest BCUT2D eigenvalue weighted by atomic mass is 10.2. The highest BCUT2D eigenvalue weighted by Crippen LogP contribution is 2.22. The lowest BCUT2D eigenvalue weighted by Gasteiger charge is -1.93. The third-order valence-electron chi connectivity index (χ3n) is 1.84. The molecule has 4 nitrogen and oxygen atoms in total. The van der Waals surface area contributed by atoms with Crippen molar-refractivity contribution in [2.75, 3.05) is 0 Å². The summed E-state index contributed by atoms with van der Waals surface area (Å²) >= 11 is 1.55. The van der Waals surface area contributed by atoms with Gasteiger partial charge in [-0.3, -0.25) is 4.79 Å². The van der Waals surface area contributed by atoms with E-state index in [1.807, 2.05) is 17.5 Å². The zero-order valence-corrected chi connectivity index (χ0v) is 7.86. The van der Waals surface area contributed by atoms with Gasteiger partial charge in [0.1, 0.15) is 0 Å². The van der Waals surface area contributed by atoms with Gasteiger partial charge in [0.25, 0.3) is 0 Å². The van der Waals surface area contributed by atoms with E-state index < -0.39 is 5.91 Å². The van der Waals surface area contributed by atoms with Gasteiger partial charge in [-0.1, -0.05) is 12.1 Å². The molecule has 68 valence electrons. The molecule has 0 fully saturated rings. The van der Waals surface area contributed by atoms with Gasteiger partial charge in [0.05, 0.1) is 0 Å². The van der Waals surface area contributed by atoms with Crippen LogP contribution in [0.3, 0.4) is 0 Å². The minimum Gasteiger partial charge on any atom is -0.287 e. The third kappa shape index (κ3) is 1.46. The van der Waals surface area contributed by atoms with Gasteiger partial charge in [-0.2, -0.15) is 0 Å². The molecule has 0 saturated heterocycles. The normalized spacial score (nSPS) is 9.71. The lowest BCUT2D eigenvalue weighted by Crippen LogP contribution is -1.91. The minimum absolute atomic E-state index is 0.428. The first-order chi connectivity index (χ1) is 6.81. The predicted molar refractivity (Wildman–Crippen MR) is 55.3 cm³/mol. The molecule has 1 heterocycles. The Balaban J connectivity index is 2.53. The van der Waals surface area contributed by atoms with Gasteiger partial charge in [-0.15, -0.1) is 11.3 Å². The van der Waals surface area contributed by atoms with Crippen molar-refractivity contribution in [3.63, 3.8) is 0 Å². The number of fused-ring (bicyclic) bond motifs is 1. The standard InChI is InChI=1S/C9H5N3OS/c10-12-11-9(13)7-2-1-6-3-4-14-8(6)5-7/h1-5H. The number of nitrogens with zero attached hydrogens (tertiary/aromatic N) is 3. The molecule has 0 unspecified atom stereocenters. The van der Waals surface area contributed by atoms with Crippen LogP contribution in [0.25, 0.3) is 20.5 Å². The Morgan fingerprint density at radius 2 is 2.29 bits per heavy atom. The number of carbonyl (C=O) groups is 1. The smallest absolute Gasteiger partial charge is 0.249 e. The van der Waals surface area contributed by atoms with E-state index in [4.69, 9.17) is 5.53 Å². The topological polar surface area (TPSA) is 65.8 Å². The van der Waals surface area contributed by atoms with E-state index in [1.165, 1.54) is 0 Å². The molecular weight excluding hydrogens is 198 g/mol. The summed E-state index contributed by atoms with van der Waals surface area (Å²) in [6, 6.07) is 7.21. The summed E-state index contributed by atoms with van der Waals surface area (Å²) < 4.78 is 1.02. The van der Waals surface area contributed by atoms with Gasteiger partial charge in [0.2, 0.25) is 5.91 Å². The molecule has 2 rings (SSSR count). The number of rotatable bonds is 1. The zero-order valence-electron chi connectivity index (χ0n) is 7.04. The number of azide groups is 1. The van der Waals surface area contributed by atoms with Crippen LogP contribution < -0.4 is 0 Å². The highest BCUT2D eigenvalue weighted by atomic mass is 32.1. The molecule has 1 aromatic carbocycles. The molecule has 0 N–H and O–H groups in total. The van der Waals surface area contributed by atoms with Crippen LogP contribution in [0.1, 0.15) is 10.4 Å². The first-order valence-corrected chi connectivity index (χ1v) is 4.76. The number of amides is 1. The van der Waals surface area contributed by atoms with Crippen LogP contribution in [-0.4, -0.2) is 5.91 Å².